The lowest BCUT2D eigenvalue weighted by Gasteiger charge is -2.19. The summed E-state index contributed by atoms with van der Waals surface area (Å²) in [5.74, 6) is 2.11. The second kappa shape index (κ2) is 9.80. The highest BCUT2D eigenvalue weighted by molar-refractivity contribution is 9.10. The molecule has 0 bridgehead atoms. The number of rotatable bonds is 6. The molecule has 0 saturated heterocycles. The van der Waals surface area contributed by atoms with E-state index in [-0.39, 0.29) is 0 Å². The molecule has 0 unspecified atom stereocenters. The summed E-state index contributed by atoms with van der Waals surface area (Å²) in [5.41, 5.74) is 4.48. The molecule has 0 spiro atoms. The normalized spacial score (nSPS) is 14.3. The molecule has 1 aliphatic heterocycles. The van der Waals surface area contributed by atoms with Crippen LogP contribution >= 0.6 is 27.7 Å². The lowest BCUT2D eigenvalue weighted by Crippen LogP contribution is -2.17. The van der Waals surface area contributed by atoms with Crippen molar-refractivity contribution in [1.82, 2.24) is 15.2 Å². The van der Waals surface area contributed by atoms with Gasteiger partial charge in [-0.2, -0.15) is 4.98 Å². The Kier molecular flexibility index (Phi) is 6.46. The van der Waals surface area contributed by atoms with E-state index in [1.807, 2.05) is 72.8 Å². The molecule has 1 atom stereocenters. The van der Waals surface area contributed by atoms with Gasteiger partial charge in [-0.1, -0.05) is 64.9 Å². The Balaban J connectivity index is 1.42. The van der Waals surface area contributed by atoms with Crippen LogP contribution in [0.2, 0.25) is 0 Å². The summed E-state index contributed by atoms with van der Waals surface area (Å²) in [6, 6.07) is 24.0. The molecular weight excluding hydrogens is 500 g/mol. The third-order valence-electron chi connectivity index (χ3n) is 5.09. The molecule has 3 aromatic carbocycles. The van der Waals surface area contributed by atoms with Crippen LogP contribution in [0.5, 0.6) is 11.6 Å². The number of aromatic nitrogens is 3. The van der Waals surface area contributed by atoms with E-state index in [0.717, 1.165) is 38.4 Å². The summed E-state index contributed by atoms with van der Waals surface area (Å²) in [6.07, 6.45) is -0.439. The minimum atomic E-state index is -0.439. The second-order valence-corrected chi connectivity index (χ2v) is 9.50. The lowest BCUT2D eigenvalue weighted by atomic mass is 10.1. The van der Waals surface area contributed by atoms with Crippen molar-refractivity contribution >= 4 is 33.4 Å². The van der Waals surface area contributed by atoms with E-state index in [2.05, 4.69) is 43.4 Å². The van der Waals surface area contributed by atoms with Gasteiger partial charge in [-0.3, -0.25) is 0 Å². The van der Waals surface area contributed by atoms with Crippen molar-refractivity contribution < 1.29 is 9.47 Å². The summed E-state index contributed by atoms with van der Waals surface area (Å²) in [6.45, 7) is 2.58. The van der Waals surface area contributed by atoms with Crippen molar-refractivity contribution in [1.29, 1.82) is 0 Å². The van der Waals surface area contributed by atoms with Crippen molar-refractivity contribution in [3.8, 4) is 22.9 Å². The zero-order valence-corrected chi connectivity index (χ0v) is 20.3. The van der Waals surface area contributed by atoms with E-state index in [0.29, 0.717) is 23.3 Å². The number of hydrogen-bond acceptors (Lipinski definition) is 7. The number of halogens is 1. The summed E-state index contributed by atoms with van der Waals surface area (Å²) in [7, 11) is 0. The molecule has 1 N–H and O–H groups in total. The number of hydrogen-bond donors (Lipinski definition) is 1. The van der Waals surface area contributed by atoms with E-state index >= 15 is 0 Å². The van der Waals surface area contributed by atoms with Gasteiger partial charge in [-0.25, -0.2) is 0 Å². The molecule has 4 aromatic rings. The van der Waals surface area contributed by atoms with Gasteiger partial charge in [-0.15, -0.1) is 10.2 Å². The molecule has 33 heavy (non-hydrogen) atoms. The third-order valence-corrected chi connectivity index (χ3v) is 6.31. The summed E-state index contributed by atoms with van der Waals surface area (Å²) in [4.78, 5) is 4.64. The average molecular weight is 521 g/mol. The molecule has 8 heteroatoms. The fraction of sp³-hybridized carbons (Fsp3) is 0.160. The van der Waals surface area contributed by atoms with Crippen LogP contribution in [0.25, 0.3) is 11.3 Å². The summed E-state index contributed by atoms with van der Waals surface area (Å²) < 4.78 is 13.2. The van der Waals surface area contributed by atoms with E-state index in [9.17, 15) is 0 Å². The highest BCUT2D eigenvalue weighted by Crippen LogP contribution is 2.41. The van der Waals surface area contributed by atoms with Crippen molar-refractivity contribution in [2.45, 2.75) is 24.9 Å². The molecule has 0 aliphatic carbocycles. The van der Waals surface area contributed by atoms with Crippen LogP contribution in [0, 0.1) is 0 Å². The smallest absolute Gasteiger partial charge is 0.247 e. The fourth-order valence-corrected chi connectivity index (χ4v) is 4.36. The van der Waals surface area contributed by atoms with Crippen LogP contribution in [0.15, 0.2) is 82.4 Å². The highest BCUT2D eigenvalue weighted by Gasteiger charge is 2.26. The Morgan fingerprint density at radius 2 is 1.85 bits per heavy atom. The summed E-state index contributed by atoms with van der Waals surface area (Å²) in [5, 5.41) is 12.8. The standard InChI is InChI=1S/C25H21BrN4O2S/c1-2-33-25-28-24-22(29-30-25)20-14-18(26)10-13-21(20)27-23(32-24)17-8-11-19(12-9-17)31-15-16-6-4-3-5-7-16/h3-14,23,27H,2,15H2,1H3/t23-/m1/s1. The Morgan fingerprint density at radius 3 is 2.64 bits per heavy atom. The van der Waals surface area contributed by atoms with Gasteiger partial charge in [0.05, 0.1) is 0 Å². The van der Waals surface area contributed by atoms with Gasteiger partial charge in [0, 0.05) is 21.3 Å². The molecule has 2 heterocycles. The largest absolute Gasteiger partial charge is 0.489 e. The van der Waals surface area contributed by atoms with E-state index in [1.165, 1.54) is 11.8 Å². The monoisotopic (exact) mass is 520 g/mol. The molecule has 0 amide bonds. The number of fused-ring (bicyclic) bond motifs is 3. The number of nitrogens with one attached hydrogen (secondary N) is 1. The average Bonchev–Trinajstić information content (AvgIpc) is 3.00. The van der Waals surface area contributed by atoms with Gasteiger partial charge in [-0.05, 0) is 53.8 Å². The first-order valence-electron chi connectivity index (χ1n) is 10.6. The second-order valence-electron chi connectivity index (χ2n) is 7.36. The lowest BCUT2D eigenvalue weighted by molar-refractivity contribution is 0.225. The van der Waals surface area contributed by atoms with E-state index in [1.54, 1.807) is 0 Å². The first-order valence-corrected chi connectivity index (χ1v) is 12.3. The van der Waals surface area contributed by atoms with E-state index < -0.39 is 6.23 Å². The molecule has 166 valence electrons. The molecule has 1 aliphatic rings. The molecule has 0 fully saturated rings. The third kappa shape index (κ3) is 4.96. The Bertz CT molecular complexity index is 1260. The Morgan fingerprint density at radius 1 is 1.03 bits per heavy atom. The molecule has 0 saturated carbocycles. The Hall–Kier alpha value is -3.10. The van der Waals surface area contributed by atoms with Gasteiger partial charge >= 0.3 is 0 Å². The number of ether oxygens (including phenoxy) is 2. The zero-order chi connectivity index (χ0) is 22.6. The van der Waals surface area contributed by atoms with Crippen LogP contribution < -0.4 is 14.8 Å². The molecule has 5 rings (SSSR count). The first-order chi connectivity index (χ1) is 16.2. The number of anilines is 1. The quantitative estimate of drug-likeness (QED) is 0.291. The van der Waals surface area contributed by atoms with Gasteiger partial charge in [0.15, 0.2) is 11.9 Å². The van der Waals surface area contributed by atoms with Crippen LogP contribution in [0.4, 0.5) is 5.69 Å². The molecule has 1 aromatic heterocycles. The number of nitrogens with zero attached hydrogens (tertiary/aromatic N) is 3. The van der Waals surface area contributed by atoms with Gasteiger partial charge in [0.1, 0.15) is 12.4 Å². The number of thioether (sulfide) groups is 1. The van der Waals surface area contributed by atoms with E-state index in [4.69, 9.17) is 9.47 Å². The topological polar surface area (TPSA) is 69.2 Å². The van der Waals surface area contributed by atoms with Crippen LogP contribution in [-0.2, 0) is 6.61 Å². The molecule has 0 radical (unpaired) electrons. The van der Waals surface area contributed by atoms with Crippen molar-refractivity contribution in [2.75, 3.05) is 11.1 Å². The van der Waals surface area contributed by atoms with Crippen LogP contribution in [0.3, 0.4) is 0 Å². The molecular formula is C25H21BrN4O2S. The fourth-order valence-electron chi connectivity index (χ4n) is 3.49. The molecule has 6 nitrogen and oxygen atoms in total. The minimum Gasteiger partial charge on any atom is -0.489 e. The summed E-state index contributed by atoms with van der Waals surface area (Å²) >= 11 is 5.08. The van der Waals surface area contributed by atoms with Gasteiger partial charge in [0.2, 0.25) is 11.0 Å². The van der Waals surface area contributed by atoms with Gasteiger partial charge in [0.25, 0.3) is 0 Å². The first kappa shape index (κ1) is 21.7. The van der Waals surface area contributed by atoms with Crippen LogP contribution in [-0.4, -0.2) is 20.9 Å². The van der Waals surface area contributed by atoms with Gasteiger partial charge < -0.3 is 14.8 Å². The predicted octanol–water partition coefficient (Wildman–Crippen LogP) is 6.50. The van der Waals surface area contributed by atoms with Crippen LogP contribution in [0.1, 0.15) is 24.3 Å². The zero-order valence-electron chi connectivity index (χ0n) is 17.9. The SMILES string of the molecule is CCSc1nnc2c(n1)O[C@H](c1ccc(OCc3ccccc3)cc1)Nc1ccc(Br)cc1-2. The van der Waals surface area contributed by atoms with Crippen molar-refractivity contribution in [2.24, 2.45) is 0 Å². The predicted molar refractivity (Wildman–Crippen MR) is 134 cm³/mol. The maximum absolute atomic E-state index is 6.33. The highest BCUT2D eigenvalue weighted by atomic mass is 79.9. The van der Waals surface area contributed by atoms with Crippen molar-refractivity contribution in [3.05, 3.63) is 88.4 Å². The Labute approximate surface area is 204 Å². The minimum absolute atomic E-state index is 0.439. The maximum atomic E-state index is 6.33. The maximum Gasteiger partial charge on any atom is 0.247 e. The van der Waals surface area contributed by atoms with Crippen molar-refractivity contribution in [3.63, 3.8) is 0 Å². The number of benzene rings is 3.